The summed E-state index contributed by atoms with van der Waals surface area (Å²) in [5, 5.41) is 12.9. The Bertz CT molecular complexity index is 465. The summed E-state index contributed by atoms with van der Waals surface area (Å²) in [6.45, 7) is 1.85. The molecule has 0 unspecified atom stereocenters. The van der Waals surface area contributed by atoms with Gasteiger partial charge in [-0.25, -0.2) is 4.39 Å². The van der Waals surface area contributed by atoms with E-state index >= 15 is 0 Å². The highest BCUT2D eigenvalue weighted by atomic mass is 19.1. The van der Waals surface area contributed by atoms with Gasteiger partial charge in [-0.05, 0) is 12.5 Å². The Morgan fingerprint density at radius 1 is 1.61 bits per heavy atom. The van der Waals surface area contributed by atoms with E-state index in [1.807, 2.05) is 6.92 Å². The van der Waals surface area contributed by atoms with E-state index in [4.69, 9.17) is 5.73 Å². The van der Waals surface area contributed by atoms with Gasteiger partial charge in [0.25, 0.3) is 5.69 Å². The maximum absolute atomic E-state index is 13.5. The third-order valence-corrected chi connectivity index (χ3v) is 2.37. The Morgan fingerprint density at radius 3 is 2.83 bits per heavy atom. The number of benzene rings is 1. The quantitative estimate of drug-likeness (QED) is 0.619. The minimum atomic E-state index is -0.860. The van der Waals surface area contributed by atoms with Crippen LogP contribution in [-0.2, 0) is 4.79 Å². The number of carbonyl (C=O) groups excluding carboxylic acids is 1. The molecule has 6 nitrogen and oxygen atoms in total. The second-order valence-electron chi connectivity index (χ2n) is 3.78. The van der Waals surface area contributed by atoms with E-state index in [0.29, 0.717) is 12.8 Å². The van der Waals surface area contributed by atoms with Gasteiger partial charge in [0.2, 0.25) is 5.91 Å². The lowest BCUT2D eigenvalue weighted by molar-refractivity contribution is -0.384. The second kappa shape index (κ2) is 6.06. The van der Waals surface area contributed by atoms with E-state index in [9.17, 15) is 19.3 Å². The Balaban J connectivity index is 2.96. The van der Waals surface area contributed by atoms with Crippen molar-refractivity contribution < 1.29 is 14.1 Å². The first-order valence-corrected chi connectivity index (χ1v) is 5.46. The Kier molecular flexibility index (Phi) is 4.73. The number of halogens is 1. The van der Waals surface area contributed by atoms with Crippen molar-refractivity contribution in [3.63, 3.8) is 0 Å². The molecule has 1 aromatic carbocycles. The van der Waals surface area contributed by atoms with E-state index in [-0.39, 0.29) is 0 Å². The smallest absolute Gasteiger partial charge is 0.295 e. The molecule has 0 saturated carbocycles. The first-order valence-electron chi connectivity index (χ1n) is 5.46. The van der Waals surface area contributed by atoms with E-state index in [1.165, 1.54) is 6.07 Å². The van der Waals surface area contributed by atoms with Crippen LogP contribution < -0.4 is 11.1 Å². The van der Waals surface area contributed by atoms with Crippen LogP contribution >= 0.6 is 0 Å². The molecule has 7 heteroatoms. The average molecular weight is 255 g/mol. The third-order valence-electron chi connectivity index (χ3n) is 2.37. The SMILES string of the molecule is CCC[C@H](N)C(=O)Nc1c(F)cccc1[N+](=O)[O-]. The standard InChI is InChI=1S/C11H14FN3O3/c1-2-4-8(13)11(16)14-10-7(12)5-3-6-9(10)15(17)18/h3,5-6,8H,2,4,13H2,1H3,(H,14,16)/t8-/m0/s1. The molecule has 0 fully saturated rings. The van der Waals surface area contributed by atoms with Crippen LogP contribution in [0.4, 0.5) is 15.8 Å². The predicted octanol–water partition coefficient (Wildman–Crippen LogP) is 1.80. The Morgan fingerprint density at radius 2 is 2.28 bits per heavy atom. The number of carbonyl (C=O) groups is 1. The largest absolute Gasteiger partial charge is 0.320 e. The van der Waals surface area contributed by atoms with Crippen molar-refractivity contribution in [2.45, 2.75) is 25.8 Å². The minimum absolute atomic E-state index is 0.425. The highest BCUT2D eigenvalue weighted by Crippen LogP contribution is 2.27. The number of anilines is 1. The van der Waals surface area contributed by atoms with Crippen LogP contribution in [0.3, 0.4) is 0 Å². The fourth-order valence-corrected chi connectivity index (χ4v) is 1.45. The monoisotopic (exact) mass is 255 g/mol. The summed E-state index contributed by atoms with van der Waals surface area (Å²) in [7, 11) is 0. The van der Waals surface area contributed by atoms with Crippen LogP contribution in [0.15, 0.2) is 18.2 Å². The number of rotatable bonds is 5. The predicted molar refractivity (Wildman–Crippen MR) is 64.6 cm³/mol. The molecule has 0 aromatic heterocycles. The lowest BCUT2D eigenvalue weighted by Crippen LogP contribution is -2.35. The molecule has 0 bridgehead atoms. The van der Waals surface area contributed by atoms with Crippen LogP contribution in [0, 0.1) is 15.9 Å². The highest BCUT2D eigenvalue weighted by Gasteiger charge is 2.22. The first-order chi connectivity index (χ1) is 8.47. The highest BCUT2D eigenvalue weighted by molar-refractivity contribution is 5.96. The van der Waals surface area contributed by atoms with Crippen LogP contribution in [0.5, 0.6) is 0 Å². The number of nitro benzene ring substituents is 1. The molecule has 3 N–H and O–H groups in total. The first kappa shape index (κ1) is 14.0. The molecule has 98 valence electrons. The van der Waals surface area contributed by atoms with Gasteiger partial charge in [0, 0.05) is 6.07 Å². The lowest BCUT2D eigenvalue weighted by atomic mass is 10.1. The molecule has 0 saturated heterocycles. The lowest BCUT2D eigenvalue weighted by Gasteiger charge is -2.11. The van der Waals surface area contributed by atoms with Gasteiger partial charge in [0.15, 0.2) is 11.5 Å². The number of hydrogen-bond donors (Lipinski definition) is 2. The van der Waals surface area contributed by atoms with E-state index < -0.39 is 34.1 Å². The molecule has 1 amide bonds. The van der Waals surface area contributed by atoms with Crippen molar-refractivity contribution in [2.24, 2.45) is 5.73 Å². The summed E-state index contributed by atoms with van der Waals surface area (Å²) in [6.07, 6.45) is 1.11. The zero-order chi connectivity index (χ0) is 13.7. The molecule has 0 spiro atoms. The summed E-state index contributed by atoms with van der Waals surface area (Å²) in [5.41, 5.74) is 4.61. The van der Waals surface area contributed by atoms with Crippen LogP contribution in [-0.4, -0.2) is 16.9 Å². The van der Waals surface area contributed by atoms with Gasteiger partial charge in [-0.2, -0.15) is 0 Å². The third kappa shape index (κ3) is 3.24. The summed E-state index contributed by atoms with van der Waals surface area (Å²) in [6, 6.07) is 2.54. The molecular formula is C11H14FN3O3. The van der Waals surface area contributed by atoms with Gasteiger partial charge >= 0.3 is 0 Å². The zero-order valence-corrected chi connectivity index (χ0v) is 9.85. The number of amides is 1. The normalized spacial score (nSPS) is 11.9. The Labute approximate surface area is 103 Å². The molecule has 0 radical (unpaired) electrons. The van der Waals surface area contributed by atoms with Gasteiger partial charge in [-0.1, -0.05) is 19.4 Å². The number of nitrogens with one attached hydrogen (secondary N) is 1. The van der Waals surface area contributed by atoms with Crippen molar-refractivity contribution in [1.29, 1.82) is 0 Å². The molecule has 1 atom stereocenters. The molecule has 0 aliphatic carbocycles. The molecule has 1 aromatic rings. The number of nitrogens with two attached hydrogens (primary N) is 1. The second-order valence-corrected chi connectivity index (χ2v) is 3.78. The van der Waals surface area contributed by atoms with Gasteiger partial charge in [-0.15, -0.1) is 0 Å². The van der Waals surface area contributed by atoms with Crippen LogP contribution in [0.25, 0.3) is 0 Å². The number of nitro groups is 1. The number of hydrogen-bond acceptors (Lipinski definition) is 4. The van der Waals surface area contributed by atoms with Crippen molar-refractivity contribution in [3.05, 3.63) is 34.1 Å². The molecule has 1 rings (SSSR count). The molecule has 0 heterocycles. The van der Waals surface area contributed by atoms with Crippen molar-refractivity contribution in [2.75, 3.05) is 5.32 Å². The summed E-state index contributed by atoms with van der Waals surface area (Å²) in [5.74, 6) is -1.49. The molecular weight excluding hydrogens is 241 g/mol. The fraction of sp³-hybridized carbons (Fsp3) is 0.364. The maximum atomic E-state index is 13.5. The van der Waals surface area contributed by atoms with E-state index in [0.717, 1.165) is 12.1 Å². The molecule has 0 aliphatic heterocycles. The number of nitrogens with zero attached hydrogens (tertiary/aromatic N) is 1. The topological polar surface area (TPSA) is 98.3 Å². The zero-order valence-electron chi connectivity index (χ0n) is 9.85. The van der Waals surface area contributed by atoms with E-state index in [2.05, 4.69) is 5.32 Å². The van der Waals surface area contributed by atoms with E-state index in [1.54, 1.807) is 0 Å². The number of para-hydroxylation sites is 1. The average Bonchev–Trinajstić information content (AvgIpc) is 2.31. The summed E-state index contributed by atoms with van der Waals surface area (Å²) in [4.78, 5) is 21.6. The summed E-state index contributed by atoms with van der Waals surface area (Å²) >= 11 is 0. The van der Waals surface area contributed by atoms with Crippen molar-refractivity contribution in [1.82, 2.24) is 0 Å². The van der Waals surface area contributed by atoms with Crippen LogP contribution in [0.1, 0.15) is 19.8 Å². The van der Waals surface area contributed by atoms with Crippen LogP contribution in [0.2, 0.25) is 0 Å². The van der Waals surface area contributed by atoms with Gasteiger partial charge in [0.1, 0.15) is 0 Å². The van der Waals surface area contributed by atoms with Crippen molar-refractivity contribution in [3.8, 4) is 0 Å². The minimum Gasteiger partial charge on any atom is -0.320 e. The molecule has 18 heavy (non-hydrogen) atoms. The fourth-order valence-electron chi connectivity index (χ4n) is 1.45. The van der Waals surface area contributed by atoms with Gasteiger partial charge in [-0.3, -0.25) is 14.9 Å². The molecule has 0 aliphatic rings. The Hall–Kier alpha value is -2.02. The maximum Gasteiger partial charge on any atom is 0.295 e. The van der Waals surface area contributed by atoms with Crippen molar-refractivity contribution >= 4 is 17.3 Å². The van der Waals surface area contributed by atoms with Gasteiger partial charge in [0.05, 0.1) is 11.0 Å². The summed E-state index contributed by atoms with van der Waals surface area (Å²) < 4.78 is 13.5. The van der Waals surface area contributed by atoms with Gasteiger partial charge < -0.3 is 11.1 Å².